The van der Waals surface area contributed by atoms with E-state index < -0.39 is 12.4 Å². The van der Waals surface area contributed by atoms with Gasteiger partial charge in [0.25, 0.3) is 0 Å². The molecule has 0 amide bonds. The predicted octanol–water partition coefficient (Wildman–Crippen LogP) is 4.62. The summed E-state index contributed by atoms with van der Waals surface area (Å²) in [5, 5.41) is 3.31. The van der Waals surface area contributed by atoms with Crippen molar-refractivity contribution in [3.05, 3.63) is 59.7 Å². The van der Waals surface area contributed by atoms with Crippen molar-refractivity contribution in [2.75, 3.05) is 0 Å². The normalized spacial score (nSPS) is 13.8. The van der Waals surface area contributed by atoms with Gasteiger partial charge in [-0.1, -0.05) is 25.1 Å². The third kappa shape index (κ3) is 4.69. The summed E-state index contributed by atoms with van der Waals surface area (Å²) < 4.78 is 43.0. The zero-order valence-corrected chi connectivity index (χ0v) is 13.0. The highest BCUT2D eigenvalue weighted by Crippen LogP contribution is 2.30. The van der Waals surface area contributed by atoms with Gasteiger partial charge in [-0.05, 0) is 31.0 Å². The molecule has 0 aliphatic carbocycles. The molecule has 2 rings (SSSR count). The molecule has 0 bridgehead atoms. The Kier molecular flexibility index (Phi) is 5.98. The molecule has 0 fully saturated rings. The number of benzene rings is 1. The van der Waals surface area contributed by atoms with Crippen LogP contribution in [0, 0.1) is 5.82 Å². The van der Waals surface area contributed by atoms with E-state index in [2.05, 4.69) is 15.0 Å². The Bertz CT molecular complexity index is 637. The Labute approximate surface area is 133 Å². The van der Waals surface area contributed by atoms with E-state index in [-0.39, 0.29) is 17.8 Å². The van der Waals surface area contributed by atoms with Crippen LogP contribution in [0.3, 0.4) is 0 Å². The van der Waals surface area contributed by atoms with Gasteiger partial charge < -0.3 is 10.1 Å². The molecule has 0 aliphatic heterocycles. The van der Waals surface area contributed by atoms with E-state index in [1.165, 1.54) is 12.1 Å². The van der Waals surface area contributed by atoms with Gasteiger partial charge in [0.15, 0.2) is 0 Å². The van der Waals surface area contributed by atoms with Crippen LogP contribution in [0.25, 0.3) is 0 Å². The first-order valence-corrected chi connectivity index (χ1v) is 7.41. The summed E-state index contributed by atoms with van der Waals surface area (Å²) in [6, 6.07) is 7.68. The Morgan fingerprint density at radius 3 is 2.61 bits per heavy atom. The molecule has 0 saturated heterocycles. The molecule has 0 radical (unpaired) electrons. The molecule has 0 saturated carbocycles. The number of nitrogens with zero attached hydrogens (tertiary/aromatic N) is 1. The lowest BCUT2D eigenvalue weighted by molar-refractivity contribution is -0.0507. The summed E-state index contributed by atoms with van der Waals surface area (Å²) >= 11 is 0. The number of pyridine rings is 1. The number of hydrogen-bond donors (Lipinski definition) is 1. The molecule has 23 heavy (non-hydrogen) atoms. The van der Waals surface area contributed by atoms with Gasteiger partial charge in [0, 0.05) is 23.8 Å². The largest absolute Gasteiger partial charge is 0.434 e. The van der Waals surface area contributed by atoms with Crippen LogP contribution in [0.2, 0.25) is 0 Å². The quantitative estimate of drug-likeness (QED) is 0.806. The Balaban J connectivity index is 2.20. The van der Waals surface area contributed by atoms with Gasteiger partial charge in [-0.3, -0.25) is 4.98 Å². The lowest BCUT2D eigenvalue weighted by Gasteiger charge is -2.24. The number of ether oxygens (including phenoxy) is 1. The molecule has 124 valence electrons. The maximum absolute atomic E-state index is 13.3. The van der Waals surface area contributed by atoms with Crippen molar-refractivity contribution in [2.45, 2.75) is 39.0 Å². The summed E-state index contributed by atoms with van der Waals surface area (Å²) in [5.41, 5.74) is 1.34. The SMILES string of the molecule is CCC(NC(C)c1cncc(F)c1)c1ccccc1OC(F)F. The molecule has 2 unspecified atom stereocenters. The van der Waals surface area contributed by atoms with Crippen LogP contribution >= 0.6 is 0 Å². The third-order valence-corrected chi connectivity index (χ3v) is 3.60. The molecule has 1 heterocycles. The first kappa shape index (κ1) is 17.3. The molecule has 1 N–H and O–H groups in total. The van der Waals surface area contributed by atoms with Crippen LogP contribution in [0.1, 0.15) is 43.5 Å². The van der Waals surface area contributed by atoms with Crippen LogP contribution in [0.4, 0.5) is 13.2 Å². The topological polar surface area (TPSA) is 34.2 Å². The van der Waals surface area contributed by atoms with Crippen molar-refractivity contribution in [3.8, 4) is 5.75 Å². The van der Waals surface area contributed by atoms with E-state index in [1.807, 2.05) is 13.8 Å². The van der Waals surface area contributed by atoms with Crippen molar-refractivity contribution in [1.29, 1.82) is 0 Å². The van der Waals surface area contributed by atoms with E-state index in [4.69, 9.17) is 0 Å². The number of para-hydroxylation sites is 1. The van der Waals surface area contributed by atoms with Crippen molar-refractivity contribution >= 4 is 0 Å². The fourth-order valence-corrected chi connectivity index (χ4v) is 2.46. The molecule has 3 nitrogen and oxygen atoms in total. The number of nitrogens with one attached hydrogen (secondary N) is 1. The summed E-state index contributed by atoms with van der Waals surface area (Å²) in [5.74, 6) is -0.267. The van der Waals surface area contributed by atoms with Crippen LogP contribution in [-0.2, 0) is 0 Å². The molecule has 0 aliphatic rings. The molecule has 0 spiro atoms. The van der Waals surface area contributed by atoms with Gasteiger partial charge >= 0.3 is 6.61 Å². The third-order valence-electron chi connectivity index (χ3n) is 3.60. The van der Waals surface area contributed by atoms with E-state index in [0.717, 1.165) is 6.20 Å². The standard InChI is InChI=1S/C17H19F3N2O/c1-3-15(14-6-4-5-7-16(14)23-17(19)20)22-11(2)12-8-13(18)10-21-9-12/h4-11,15,17,22H,3H2,1-2H3. The van der Waals surface area contributed by atoms with Crippen LogP contribution in [-0.4, -0.2) is 11.6 Å². The van der Waals surface area contributed by atoms with Gasteiger partial charge in [0.1, 0.15) is 11.6 Å². The first-order chi connectivity index (χ1) is 11.0. The zero-order valence-electron chi connectivity index (χ0n) is 13.0. The lowest BCUT2D eigenvalue weighted by Crippen LogP contribution is -2.25. The van der Waals surface area contributed by atoms with Crippen molar-refractivity contribution < 1.29 is 17.9 Å². The monoisotopic (exact) mass is 324 g/mol. The highest BCUT2D eigenvalue weighted by molar-refractivity contribution is 5.36. The van der Waals surface area contributed by atoms with Gasteiger partial charge in [-0.2, -0.15) is 8.78 Å². The molecular formula is C17H19F3N2O. The summed E-state index contributed by atoms with van der Waals surface area (Å²) in [6.07, 6.45) is 3.38. The van der Waals surface area contributed by atoms with Gasteiger partial charge in [0.2, 0.25) is 0 Å². The molecular weight excluding hydrogens is 305 g/mol. The summed E-state index contributed by atoms with van der Waals surface area (Å²) in [4.78, 5) is 3.83. The Morgan fingerprint density at radius 2 is 1.96 bits per heavy atom. The Morgan fingerprint density at radius 1 is 1.22 bits per heavy atom. The van der Waals surface area contributed by atoms with Crippen LogP contribution in [0.5, 0.6) is 5.75 Å². The van der Waals surface area contributed by atoms with Crippen LogP contribution in [0.15, 0.2) is 42.7 Å². The molecule has 2 atom stereocenters. The van der Waals surface area contributed by atoms with Gasteiger partial charge in [-0.25, -0.2) is 4.39 Å². The molecule has 1 aromatic carbocycles. The summed E-state index contributed by atoms with van der Waals surface area (Å²) in [6.45, 7) is 0.932. The van der Waals surface area contributed by atoms with E-state index in [9.17, 15) is 13.2 Å². The van der Waals surface area contributed by atoms with E-state index in [0.29, 0.717) is 17.5 Å². The summed E-state index contributed by atoms with van der Waals surface area (Å²) in [7, 11) is 0. The predicted molar refractivity (Wildman–Crippen MR) is 81.9 cm³/mol. The minimum atomic E-state index is -2.88. The fraction of sp³-hybridized carbons (Fsp3) is 0.353. The maximum Gasteiger partial charge on any atom is 0.387 e. The molecule has 6 heteroatoms. The molecule has 2 aromatic rings. The van der Waals surface area contributed by atoms with Crippen molar-refractivity contribution in [2.24, 2.45) is 0 Å². The van der Waals surface area contributed by atoms with Gasteiger partial charge in [-0.15, -0.1) is 0 Å². The first-order valence-electron chi connectivity index (χ1n) is 7.41. The minimum absolute atomic E-state index is 0.145. The highest BCUT2D eigenvalue weighted by atomic mass is 19.3. The van der Waals surface area contributed by atoms with Crippen molar-refractivity contribution in [1.82, 2.24) is 10.3 Å². The second-order valence-electron chi connectivity index (χ2n) is 5.20. The highest BCUT2D eigenvalue weighted by Gasteiger charge is 2.19. The number of halogens is 3. The van der Waals surface area contributed by atoms with E-state index >= 15 is 0 Å². The second-order valence-corrected chi connectivity index (χ2v) is 5.20. The van der Waals surface area contributed by atoms with Gasteiger partial charge in [0.05, 0.1) is 6.20 Å². The number of rotatable bonds is 7. The second kappa shape index (κ2) is 7.97. The number of hydrogen-bond acceptors (Lipinski definition) is 3. The Hall–Kier alpha value is -2.08. The number of alkyl halides is 2. The molecule has 1 aromatic heterocycles. The minimum Gasteiger partial charge on any atom is -0.434 e. The zero-order chi connectivity index (χ0) is 16.8. The fourth-order valence-electron chi connectivity index (χ4n) is 2.46. The number of aromatic nitrogens is 1. The van der Waals surface area contributed by atoms with Crippen LogP contribution < -0.4 is 10.1 Å². The lowest BCUT2D eigenvalue weighted by atomic mass is 10.0. The average Bonchev–Trinajstić information content (AvgIpc) is 2.52. The smallest absolute Gasteiger partial charge is 0.387 e. The van der Waals surface area contributed by atoms with Crippen molar-refractivity contribution in [3.63, 3.8) is 0 Å². The van der Waals surface area contributed by atoms with E-state index in [1.54, 1.807) is 24.4 Å². The average molecular weight is 324 g/mol. The maximum atomic E-state index is 13.3.